The Kier molecular flexibility index (Phi) is 6.88. The molecule has 1 aromatic heterocycles. The van der Waals surface area contributed by atoms with Crippen LogP contribution in [0, 0.1) is 0 Å². The van der Waals surface area contributed by atoms with Crippen molar-refractivity contribution in [1.29, 1.82) is 0 Å². The third-order valence-corrected chi connectivity index (χ3v) is 3.75. The minimum Gasteiger partial charge on any atom is -0.495 e. The lowest BCUT2D eigenvalue weighted by Crippen LogP contribution is -2.15. The van der Waals surface area contributed by atoms with Gasteiger partial charge < -0.3 is 15.4 Å². The normalized spacial score (nSPS) is 10.3. The zero-order chi connectivity index (χ0) is 17.4. The number of rotatable bonds is 8. The van der Waals surface area contributed by atoms with Crippen molar-refractivity contribution in [2.75, 3.05) is 24.3 Å². The molecule has 1 amide bonds. The van der Waals surface area contributed by atoms with Crippen molar-refractivity contribution in [3.63, 3.8) is 0 Å². The van der Waals surface area contributed by atoms with Crippen LogP contribution >= 0.6 is 11.6 Å². The van der Waals surface area contributed by atoms with Gasteiger partial charge in [-0.25, -0.2) is 0 Å². The average molecular weight is 348 g/mol. The van der Waals surface area contributed by atoms with E-state index in [1.807, 2.05) is 6.07 Å². The highest BCUT2D eigenvalue weighted by Gasteiger charge is 2.12. The van der Waals surface area contributed by atoms with Crippen molar-refractivity contribution in [2.45, 2.75) is 26.2 Å². The van der Waals surface area contributed by atoms with Gasteiger partial charge in [-0.15, -0.1) is 0 Å². The molecule has 0 radical (unpaired) electrons. The Hall–Kier alpha value is -2.27. The number of carbonyl (C=O) groups is 1. The first-order valence-electron chi connectivity index (χ1n) is 7.99. The van der Waals surface area contributed by atoms with Gasteiger partial charge in [0.15, 0.2) is 0 Å². The molecule has 1 aromatic carbocycles. The van der Waals surface area contributed by atoms with E-state index >= 15 is 0 Å². The summed E-state index contributed by atoms with van der Waals surface area (Å²) in [5.41, 5.74) is 1.72. The number of aromatic nitrogens is 1. The van der Waals surface area contributed by atoms with Gasteiger partial charge in [-0.1, -0.05) is 31.4 Å². The minimum atomic E-state index is -0.312. The summed E-state index contributed by atoms with van der Waals surface area (Å²) in [6, 6.07) is 8.64. The first-order chi connectivity index (χ1) is 11.6. The number of hydrogen-bond acceptors (Lipinski definition) is 4. The van der Waals surface area contributed by atoms with Gasteiger partial charge in [-0.3, -0.25) is 9.78 Å². The lowest BCUT2D eigenvalue weighted by molar-refractivity contribution is 0.102. The third-order valence-electron chi connectivity index (χ3n) is 3.51. The highest BCUT2D eigenvalue weighted by molar-refractivity contribution is 6.31. The molecule has 6 heteroatoms. The van der Waals surface area contributed by atoms with Crippen LogP contribution in [0.2, 0.25) is 5.02 Å². The number of methoxy groups -OCH3 is 1. The third kappa shape index (κ3) is 5.13. The van der Waals surface area contributed by atoms with Crippen molar-refractivity contribution in [3.8, 4) is 5.75 Å². The lowest BCUT2D eigenvalue weighted by atomic mass is 10.2. The molecule has 2 N–H and O–H groups in total. The number of anilines is 2. The van der Waals surface area contributed by atoms with Crippen molar-refractivity contribution < 1.29 is 9.53 Å². The predicted octanol–water partition coefficient (Wildman–Crippen LogP) is 4.60. The molecule has 0 aliphatic rings. The van der Waals surface area contributed by atoms with Crippen LogP contribution in [-0.2, 0) is 0 Å². The molecule has 0 saturated carbocycles. The lowest BCUT2D eigenvalue weighted by Gasteiger charge is -2.11. The second-order valence-electron chi connectivity index (χ2n) is 5.36. The number of pyridine rings is 1. The quantitative estimate of drug-likeness (QED) is 0.685. The fourth-order valence-electron chi connectivity index (χ4n) is 2.24. The Morgan fingerprint density at radius 2 is 2.08 bits per heavy atom. The van der Waals surface area contributed by atoms with E-state index in [9.17, 15) is 4.79 Å². The number of unbranched alkanes of at least 4 members (excludes halogenated alkanes) is 2. The number of nitrogens with one attached hydrogen (secondary N) is 2. The first kappa shape index (κ1) is 18.1. The summed E-state index contributed by atoms with van der Waals surface area (Å²) < 4.78 is 5.23. The van der Waals surface area contributed by atoms with Gasteiger partial charge in [0, 0.05) is 23.5 Å². The van der Waals surface area contributed by atoms with Crippen molar-refractivity contribution in [3.05, 3.63) is 47.2 Å². The molecule has 128 valence electrons. The highest BCUT2D eigenvalue weighted by atomic mass is 35.5. The van der Waals surface area contributed by atoms with Crippen LogP contribution in [0.15, 0.2) is 36.5 Å². The van der Waals surface area contributed by atoms with Gasteiger partial charge in [0.05, 0.1) is 12.8 Å². The summed E-state index contributed by atoms with van der Waals surface area (Å²) in [4.78, 5) is 16.6. The Labute approximate surface area is 147 Å². The summed E-state index contributed by atoms with van der Waals surface area (Å²) >= 11 is 5.98. The van der Waals surface area contributed by atoms with Crippen LogP contribution in [0.1, 0.15) is 36.7 Å². The predicted molar refractivity (Wildman–Crippen MR) is 98.2 cm³/mol. The molecule has 0 atom stereocenters. The summed E-state index contributed by atoms with van der Waals surface area (Å²) in [5.74, 6) is 0.231. The van der Waals surface area contributed by atoms with Gasteiger partial charge in [0.1, 0.15) is 11.4 Å². The number of benzene rings is 1. The topological polar surface area (TPSA) is 63.2 Å². The maximum Gasteiger partial charge on any atom is 0.274 e. The standard InChI is InChI=1S/C18H22ClN3O2/c1-3-4-5-9-20-14-8-10-21-16(12-14)18(23)22-15-11-13(19)6-7-17(15)24-2/h6-8,10-12H,3-5,9H2,1-2H3,(H,20,21)(H,22,23). The minimum absolute atomic E-state index is 0.312. The van der Waals surface area contributed by atoms with E-state index in [1.54, 1.807) is 30.5 Å². The fraction of sp³-hybridized carbons (Fsp3) is 0.333. The van der Waals surface area contributed by atoms with Gasteiger partial charge in [-0.05, 0) is 36.8 Å². The monoisotopic (exact) mass is 347 g/mol. The molecule has 24 heavy (non-hydrogen) atoms. The smallest absolute Gasteiger partial charge is 0.274 e. The second kappa shape index (κ2) is 9.13. The zero-order valence-corrected chi connectivity index (χ0v) is 14.7. The molecule has 2 aromatic rings. The molecular weight excluding hydrogens is 326 g/mol. The van der Waals surface area contributed by atoms with E-state index in [0.29, 0.717) is 22.2 Å². The average Bonchev–Trinajstić information content (AvgIpc) is 2.59. The van der Waals surface area contributed by atoms with Crippen LogP contribution in [-0.4, -0.2) is 24.5 Å². The van der Waals surface area contributed by atoms with Gasteiger partial charge in [0.2, 0.25) is 0 Å². The van der Waals surface area contributed by atoms with Crippen LogP contribution in [0.5, 0.6) is 5.75 Å². The van der Waals surface area contributed by atoms with Gasteiger partial charge in [0.25, 0.3) is 5.91 Å². The Morgan fingerprint density at radius 1 is 1.25 bits per heavy atom. The van der Waals surface area contributed by atoms with E-state index in [1.165, 1.54) is 20.0 Å². The van der Waals surface area contributed by atoms with Crippen LogP contribution < -0.4 is 15.4 Å². The number of hydrogen-bond donors (Lipinski definition) is 2. The van der Waals surface area contributed by atoms with E-state index < -0.39 is 0 Å². The first-order valence-corrected chi connectivity index (χ1v) is 8.36. The zero-order valence-electron chi connectivity index (χ0n) is 13.9. The van der Waals surface area contributed by atoms with Crippen molar-refractivity contribution in [2.24, 2.45) is 0 Å². The number of amides is 1. The number of ether oxygens (including phenoxy) is 1. The molecule has 0 saturated heterocycles. The Balaban J connectivity index is 2.06. The van der Waals surface area contributed by atoms with E-state index in [-0.39, 0.29) is 5.91 Å². The van der Waals surface area contributed by atoms with Crippen molar-refractivity contribution in [1.82, 2.24) is 4.98 Å². The molecule has 0 fully saturated rings. The molecular formula is C18H22ClN3O2. The Bertz CT molecular complexity index is 692. The van der Waals surface area contributed by atoms with Gasteiger partial charge >= 0.3 is 0 Å². The number of nitrogens with zero attached hydrogens (tertiary/aromatic N) is 1. The van der Waals surface area contributed by atoms with E-state index in [2.05, 4.69) is 22.5 Å². The highest BCUT2D eigenvalue weighted by Crippen LogP contribution is 2.28. The molecule has 0 bridgehead atoms. The largest absolute Gasteiger partial charge is 0.495 e. The molecule has 0 aliphatic heterocycles. The summed E-state index contributed by atoms with van der Waals surface area (Å²) in [6.07, 6.45) is 5.07. The van der Waals surface area contributed by atoms with Crippen LogP contribution in [0.4, 0.5) is 11.4 Å². The van der Waals surface area contributed by atoms with E-state index in [0.717, 1.165) is 18.7 Å². The SMILES string of the molecule is CCCCCNc1ccnc(C(=O)Nc2cc(Cl)ccc2OC)c1. The van der Waals surface area contributed by atoms with Crippen molar-refractivity contribution >= 4 is 28.9 Å². The number of carbonyl (C=O) groups excluding carboxylic acids is 1. The molecule has 0 spiro atoms. The fourth-order valence-corrected chi connectivity index (χ4v) is 2.41. The second-order valence-corrected chi connectivity index (χ2v) is 5.80. The van der Waals surface area contributed by atoms with Crippen LogP contribution in [0.25, 0.3) is 0 Å². The Morgan fingerprint density at radius 3 is 2.83 bits per heavy atom. The number of halogens is 1. The van der Waals surface area contributed by atoms with Crippen LogP contribution in [0.3, 0.4) is 0 Å². The molecule has 0 unspecified atom stereocenters. The van der Waals surface area contributed by atoms with E-state index in [4.69, 9.17) is 16.3 Å². The molecule has 2 rings (SSSR count). The summed E-state index contributed by atoms with van der Waals surface area (Å²) in [5, 5.41) is 6.61. The van der Waals surface area contributed by atoms with Gasteiger partial charge in [-0.2, -0.15) is 0 Å². The summed E-state index contributed by atoms with van der Waals surface area (Å²) in [7, 11) is 1.54. The summed E-state index contributed by atoms with van der Waals surface area (Å²) in [6.45, 7) is 3.04. The molecule has 5 nitrogen and oxygen atoms in total. The molecule has 0 aliphatic carbocycles. The maximum absolute atomic E-state index is 12.4. The maximum atomic E-state index is 12.4. The molecule has 1 heterocycles.